The number of halogens is 2. The van der Waals surface area contributed by atoms with Gasteiger partial charge in [0.2, 0.25) is 5.91 Å². The van der Waals surface area contributed by atoms with Crippen molar-refractivity contribution in [3.8, 4) is 0 Å². The Hall–Kier alpha value is -2.28. The molecule has 2 rings (SSSR count). The van der Waals surface area contributed by atoms with Gasteiger partial charge in [0.15, 0.2) is 6.04 Å². The molecule has 1 fully saturated rings. The van der Waals surface area contributed by atoms with Gasteiger partial charge in [-0.05, 0) is 24.0 Å². The summed E-state index contributed by atoms with van der Waals surface area (Å²) in [7, 11) is 0. The Balaban J connectivity index is 1.93. The average molecular weight is 325 g/mol. The van der Waals surface area contributed by atoms with Crippen molar-refractivity contribution in [3.63, 3.8) is 0 Å². The van der Waals surface area contributed by atoms with Gasteiger partial charge in [-0.3, -0.25) is 4.79 Å². The maximum Gasteiger partial charge on any atom is 0.328 e. The highest BCUT2D eigenvalue weighted by molar-refractivity contribution is 5.87. The van der Waals surface area contributed by atoms with E-state index in [1.165, 1.54) is 12.1 Å². The first-order valence-electron chi connectivity index (χ1n) is 7.10. The normalized spacial score (nSPS) is 20.6. The van der Waals surface area contributed by atoms with Gasteiger partial charge in [0.25, 0.3) is 0 Å². The van der Waals surface area contributed by atoms with Crippen molar-refractivity contribution in [1.29, 1.82) is 0 Å². The minimum atomic E-state index is -1.22. The summed E-state index contributed by atoms with van der Waals surface area (Å²) in [4.78, 5) is 23.2. The zero-order valence-electron chi connectivity index (χ0n) is 12.3. The van der Waals surface area contributed by atoms with E-state index in [1.54, 1.807) is 0 Å². The topological polar surface area (TPSA) is 75.6 Å². The number of nitrogens with one attached hydrogen (secondary N) is 1. The molecule has 2 N–H and O–H groups in total. The van der Waals surface area contributed by atoms with Crippen molar-refractivity contribution in [2.24, 2.45) is 5.92 Å². The molecule has 1 aromatic carbocycles. The number of hydrogen-bond donors (Lipinski definition) is 2. The molecule has 0 aromatic heterocycles. The predicted octanol–water partition coefficient (Wildman–Crippen LogP) is 1.84. The number of carboxylic acid groups (broad SMARTS) is 1. The molecule has 1 aliphatic rings. The maximum atomic E-state index is 13.7. The van der Waals surface area contributed by atoms with Gasteiger partial charge >= 0.3 is 5.97 Å². The van der Waals surface area contributed by atoms with Gasteiger partial charge in [0.1, 0.15) is 11.6 Å². The molecule has 0 bridgehead atoms. The van der Waals surface area contributed by atoms with Crippen LogP contribution in [0.25, 0.3) is 0 Å². The SMILES string of the molecule is C=CCOCC(NC(=O)C1CC1c1ccc(F)cc1F)C(=O)O. The van der Waals surface area contributed by atoms with E-state index in [2.05, 4.69) is 11.9 Å². The second-order valence-electron chi connectivity index (χ2n) is 5.34. The fourth-order valence-corrected chi connectivity index (χ4v) is 2.35. The molecule has 0 saturated heterocycles. The van der Waals surface area contributed by atoms with Crippen LogP contribution >= 0.6 is 0 Å². The number of amides is 1. The molecule has 1 aliphatic carbocycles. The van der Waals surface area contributed by atoms with Crippen LogP contribution in [0.5, 0.6) is 0 Å². The molecule has 0 spiro atoms. The lowest BCUT2D eigenvalue weighted by atomic mass is 10.1. The van der Waals surface area contributed by atoms with Crippen LogP contribution in [0.3, 0.4) is 0 Å². The fraction of sp³-hybridized carbons (Fsp3) is 0.375. The maximum absolute atomic E-state index is 13.7. The number of hydrogen-bond acceptors (Lipinski definition) is 3. The van der Waals surface area contributed by atoms with Crippen LogP contribution in [-0.4, -0.2) is 36.2 Å². The molecule has 0 radical (unpaired) electrons. The molecule has 0 heterocycles. The average Bonchev–Trinajstić information content (AvgIpc) is 3.26. The Morgan fingerprint density at radius 3 is 2.83 bits per heavy atom. The van der Waals surface area contributed by atoms with Crippen molar-refractivity contribution < 1.29 is 28.2 Å². The van der Waals surface area contributed by atoms with E-state index in [0.29, 0.717) is 6.42 Å². The molecule has 3 unspecified atom stereocenters. The third-order valence-electron chi connectivity index (χ3n) is 3.62. The third-order valence-corrected chi connectivity index (χ3v) is 3.62. The van der Waals surface area contributed by atoms with E-state index in [9.17, 15) is 18.4 Å². The monoisotopic (exact) mass is 325 g/mol. The first-order valence-corrected chi connectivity index (χ1v) is 7.10. The van der Waals surface area contributed by atoms with Crippen LogP contribution in [0.4, 0.5) is 8.78 Å². The highest BCUT2D eigenvalue weighted by Gasteiger charge is 2.46. The second kappa shape index (κ2) is 7.32. The zero-order valence-corrected chi connectivity index (χ0v) is 12.3. The van der Waals surface area contributed by atoms with Gasteiger partial charge in [-0.25, -0.2) is 13.6 Å². The van der Waals surface area contributed by atoms with Crippen LogP contribution in [0.2, 0.25) is 0 Å². The lowest BCUT2D eigenvalue weighted by Gasteiger charge is -2.14. The van der Waals surface area contributed by atoms with Crippen LogP contribution < -0.4 is 5.32 Å². The standard InChI is InChI=1S/C16H17F2NO4/c1-2-5-23-8-14(16(21)22)19-15(20)12-7-11(12)10-4-3-9(17)6-13(10)18/h2-4,6,11-12,14H,1,5,7-8H2,(H,19,20)(H,21,22). The molecular weight excluding hydrogens is 308 g/mol. The van der Waals surface area contributed by atoms with Crippen molar-refractivity contribution >= 4 is 11.9 Å². The molecule has 23 heavy (non-hydrogen) atoms. The largest absolute Gasteiger partial charge is 0.480 e. The van der Waals surface area contributed by atoms with Crippen molar-refractivity contribution in [1.82, 2.24) is 5.32 Å². The fourth-order valence-electron chi connectivity index (χ4n) is 2.35. The smallest absolute Gasteiger partial charge is 0.328 e. The van der Waals surface area contributed by atoms with Crippen molar-refractivity contribution in [2.75, 3.05) is 13.2 Å². The Morgan fingerprint density at radius 2 is 2.22 bits per heavy atom. The number of ether oxygens (including phenoxy) is 1. The summed E-state index contributed by atoms with van der Waals surface area (Å²) >= 11 is 0. The minimum Gasteiger partial charge on any atom is -0.480 e. The number of carboxylic acids is 1. The summed E-state index contributed by atoms with van der Waals surface area (Å²) in [6.07, 6.45) is 1.86. The van der Waals surface area contributed by atoms with Gasteiger partial charge in [-0.2, -0.15) is 0 Å². The van der Waals surface area contributed by atoms with Crippen molar-refractivity contribution in [3.05, 3.63) is 48.1 Å². The predicted molar refractivity (Wildman–Crippen MR) is 77.8 cm³/mol. The highest BCUT2D eigenvalue weighted by Crippen LogP contribution is 2.48. The van der Waals surface area contributed by atoms with E-state index in [4.69, 9.17) is 9.84 Å². The van der Waals surface area contributed by atoms with Gasteiger partial charge < -0.3 is 15.2 Å². The quantitative estimate of drug-likeness (QED) is 0.565. The Bertz CT molecular complexity index is 620. The van der Waals surface area contributed by atoms with E-state index < -0.39 is 35.5 Å². The van der Waals surface area contributed by atoms with Crippen LogP contribution in [0.15, 0.2) is 30.9 Å². The molecule has 124 valence electrons. The molecule has 1 aromatic rings. The van der Waals surface area contributed by atoms with Crippen molar-refractivity contribution in [2.45, 2.75) is 18.4 Å². The second-order valence-corrected chi connectivity index (χ2v) is 5.34. The Kier molecular flexibility index (Phi) is 5.44. The third kappa shape index (κ3) is 4.35. The van der Waals surface area contributed by atoms with Crippen LogP contribution in [0.1, 0.15) is 17.9 Å². The summed E-state index contributed by atoms with van der Waals surface area (Å²) < 4.78 is 31.6. The van der Waals surface area contributed by atoms with E-state index in [-0.39, 0.29) is 24.7 Å². The summed E-state index contributed by atoms with van der Waals surface area (Å²) in [5.74, 6) is -3.95. The number of aliphatic carboxylic acids is 1. The molecule has 1 saturated carbocycles. The summed E-state index contributed by atoms with van der Waals surface area (Å²) in [6.45, 7) is 3.43. The molecule has 0 aliphatic heterocycles. The Morgan fingerprint density at radius 1 is 1.48 bits per heavy atom. The summed E-state index contributed by atoms with van der Waals surface area (Å²) in [5.41, 5.74) is 0.265. The molecular formula is C16H17F2NO4. The van der Waals surface area contributed by atoms with E-state index in [0.717, 1.165) is 12.1 Å². The van der Waals surface area contributed by atoms with Gasteiger partial charge in [-0.1, -0.05) is 12.1 Å². The molecule has 1 amide bonds. The number of rotatable bonds is 8. The number of benzene rings is 1. The molecule has 7 heteroatoms. The lowest BCUT2D eigenvalue weighted by molar-refractivity contribution is -0.143. The van der Waals surface area contributed by atoms with Crippen LogP contribution in [0, 0.1) is 17.6 Å². The first-order chi connectivity index (χ1) is 10.9. The highest BCUT2D eigenvalue weighted by atomic mass is 19.1. The summed E-state index contributed by atoms with van der Waals surface area (Å²) in [6, 6.07) is 2.03. The Labute approximate surface area is 131 Å². The van der Waals surface area contributed by atoms with Crippen LogP contribution in [-0.2, 0) is 14.3 Å². The van der Waals surface area contributed by atoms with E-state index in [1.807, 2.05) is 0 Å². The zero-order chi connectivity index (χ0) is 17.0. The lowest BCUT2D eigenvalue weighted by Crippen LogP contribution is -2.44. The van der Waals surface area contributed by atoms with Gasteiger partial charge in [-0.15, -0.1) is 6.58 Å². The minimum absolute atomic E-state index is 0.173. The molecule has 3 atom stereocenters. The number of carbonyl (C=O) groups is 2. The number of carbonyl (C=O) groups excluding carboxylic acids is 1. The van der Waals surface area contributed by atoms with Gasteiger partial charge in [0.05, 0.1) is 13.2 Å². The van der Waals surface area contributed by atoms with E-state index >= 15 is 0 Å². The first kappa shape index (κ1) is 17.1. The van der Waals surface area contributed by atoms with Gasteiger partial charge in [0, 0.05) is 12.0 Å². The molecule has 5 nitrogen and oxygen atoms in total. The summed E-state index contributed by atoms with van der Waals surface area (Å²) in [5, 5.41) is 11.4.